The second-order valence-corrected chi connectivity index (χ2v) is 8.25. The first kappa shape index (κ1) is 21.9. The summed E-state index contributed by atoms with van der Waals surface area (Å²) in [4.78, 5) is 12.4. The Bertz CT molecular complexity index is 901. The number of allylic oxidation sites excluding steroid dienone is 1. The van der Waals surface area contributed by atoms with Crippen LogP contribution in [0.4, 0.5) is 5.69 Å². The maximum Gasteiger partial charge on any atom is 0.331 e. The first-order chi connectivity index (χ1) is 14.3. The normalized spacial score (nSPS) is 19.2. The van der Waals surface area contributed by atoms with Gasteiger partial charge in [0, 0.05) is 30.5 Å². The van der Waals surface area contributed by atoms with Gasteiger partial charge in [-0.05, 0) is 58.4 Å². The molecule has 30 heavy (non-hydrogen) atoms. The highest BCUT2D eigenvalue weighted by Gasteiger charge is 2.47. The Labute approximate surface area is 179 Å². The molecule has 2 unspecified atom stereocenters. The first-order valence-electron chi connectivity index (χ1n) is 10.4. The summed E-state index contributed by atoms with van der Waals surface area (Å²) in [5, 5.41) is 3.45. The molecule has 0 bridgehead atoms. The molecule has 1 N–H and O–H groups in total. The van der Waals surface area contributed by atoms with E-state index < -0.39 is 17.8 Å². The van der Waals surface area contributed by atoms with Gasteiger partial charge >= 0.3 is 5.97 Å². The summed E-state index contributed by atoms with van der Waals surface area (Å²) in [6.07, 6.45) is 0.506. The number of esters is 1. The summed E-state index contributed by atoms with van der Waals surface area (Å²) in [6, 6.07) is 16.2. The van der Waals surface area contributed by atoms with E-state index in [1.165, 1.54) is 11.6 Å². The highest BCUT2D eigenvalue weighted by atomic mass is 16.6. The second kappa shape index (κ2) is 9.35. The van der Waals surface area contributed by atoms with Crippen LogP contribution in [-0.4, -0.2) is 24.3 Å². The van der Waals surface area contributed by atoms with Crippen LogP contribution in [0.3, 0.4) is 0 Å². The lowest BCUT2D eigenvalue weighted by Gasteiger charge is -2.43. The van der Waals surface area contributed by atoms with Crippen molar-refractivity contribution < 1.29 is 19.0 Å². The Hall–Kier alpha value is -2.79. The molecule has 0 radical (unpaired) electrons. The van der Waals surface area contributed by atoms with E-state index in [2.05, 4.69) is 17.4 Å². The molecule has 0 aromatic heterocycles. The first-order valence-corrected chi connectivity index (χ1v) is 10.4. The minimum absolute atomic E-state index is 0.386. The minimum atomic E-state index is -0.725. The Morgan fingerprint density at radius 1 is 1.17 bits per heavy atom. The van der Waals surface area contributed by atoms with Crippen LogP contribution in [0.25, 0.3) is 0 Å². The van der Waals surface area contributed by atoms with Crippen molar-refractivity contribution in [1.82, 2.24) is 0 Å². The summed E-state index contributed by atoms with van der Waals surface area (Å²) in [6.45, 7) is 10.7. The van der Waals surface area contributed by atoms with E-state index in [1.54, 1.807) is 0 Å². The molecule has 0 saturated heterocycles. The maximum atomic E-state index is 12.4. The lowest BCUT2D eigenvalue weighted by molar-refractivity contribution is -0.178. The van der Waals surface area contributed by atoms with Crippen LogP contribution in [-0.2, 0) is 20.8 Å². The Morgan fingerprint density at radius 3 is 2.57 bits per heavy atom. The highest BCUT2D eigenvalue weighted by molar-refractivity contribution is 5.83. The molecule has 2 atom stereocenters. The molecule has 1 heterocycles. The third-order valence-electron chi connectivity index (χ3n) is 4.98. The maximum absolute atomic E-state index is 12.4. The van der Waals surface area contributed by atoms with Gasteiger partial charge in [0.1, 0.15) is 17.5 Å². The summed E-state index contributed by atoms with van der Waals surface area (Å²) < 4.78 is 18.1. The summed E-state index contributed by atoms with van der Waals surface area (Å²) in [5.41, 5.74) is 3.19. The van der Waals surface area contributed by atoms with Gasteiger partial charge in [-0.3, -0.25) is 0 Å². The van der Waals surface area contributed by atoms with E-state index in [0.717, 1.165) is 22.6 Å². The van der Waals surface area contributed by atoms with Crippen molar-refractivity contribution in [2.45, 2.75) is 59.0 Å². The number of anilines is 1. The molecule has 1 aliphatic rings. The average molecular weight is 410 g/mol. The molecule has 2 aromatic carbocycles. The smallest absolute Gasteiger partial charge is 0.331 e. The molecule has 0 fully saturated rings. The van der Waals surface area contributed by atoms with Crippen LogP contribution in [0.1, 0.15) is 51.8 Å². The number of carbonyl (C=O) groups excluding carboxylic acids is 1. The van der Waals surface area contributed by atoms with Crippen molar-refractivity contribution in [3.05, 3.63) is 71.3 Å². The van der Waals surface area contributed by atoms with E-state index >= 15 is 0 Å². The van der Waals surface area contributed by atoms with Crippen molar-refractivity contribution >= 4 is 11.7 Å². The van der Waals surface area contributed by atoms with Crippen LogP contribution in [0.2, 0.25) is 0 Å². The number of fused-ring (bicyclic) bond motifs is 1. The summed E-state index contributed by atoms with van der Waals surface area (Å²) in [5.74, 6) is 0.362. The molecule has 5 nitrogen and oxygen atoms in total. The zero-order valence-electron chi connectivity index (χ0n) is 18.4. The molecule has 5 heteroatoms. The Kier molecular flexibility index (Phi) is 6.83. The third kappa shape index (κ3) is 5.22. The standard InChI is InChI=1S/C25H31NO4/c1-6-28-23-20-15-19(26-16-18-10-8-7-9-11-18)12-13-21(20)30-25(4,5)24(23)29-22(27)14-17(2)3/h7-15,23-24,26H,6,16H2,1-5H3. The van der Waals surface area contributed by atoms with E-state index in [4.69, 9.17) is 14.2 Å². The molecule has 1 aliphatic heterocycles. The fourth-order valence-corrected chi connectivity index (χ4v) is 3.60. The molecule has 0 amide bonds. The third-order valence-corrected chi connectivity index (χ3v) is 4.98. The number of rotatable bonds is 7. The monoisotopic (exact) mass is 409 g/mol. The number of nitrogens with one attached hydrogen (secondary N) is 1. The van der Waals surface area contributed by atoms with Crippen LogP contribution < -0.4 is 10.1 Å². The Morgan fingerprint density at radius 2 is 1.90 bits per heavy atom. The molecular weight excluding hydrogens is 378 g/mol. The Balaban J connectivity index is 1.88. The number of hydrogen-bond donors (Lipinski definition) is 1. The van der Waals surface area contributed by atoms with E-state index in [-0.39, 0.29) is 5.97 Å². The van der Waals surface area contributed by atoms with Crippen molar-refractivity contribution in [3.8, 4) is 5.75 Å². The van der Waals surface area contributed by atoms with E-state index in [0.29, 0.717) is 13.2 Å². The topological polar surface area (TPSA) is 56.8 Å². The van der Waals surface area contributed by atoms with Crippen LogP contribution >= 0.6 is 0 Å². The van der Waals surface area contributed by atoms with Gasteiger partial charge in [0.25, 0.3) is 0 Å². The SMILES string of the molecule is CCOC1c2cc(NCc3ccccc3)ccc2OC(C)(C)C1OC(=O)C=C(C)C. The average Bonchev–Trinajstić information content (AvgIpc) is 2.69. The molecular formula is C25H31NO4. The summed E-state index contributed by atoms with van der Waals surface area (Å²) >= 11 is 0. The lowest BCUT2D eigenvalue weighted by Crippen LogP contribution is -2.51. The number of hydrogen-bond acceptors (Lipinski definition) is 5. The van der Waals surface area contributed by atoms with E-state index in [1.807, 2.05) is 71.0 Å². The number of carbonyl (C=O) groups is 1. The van der Waals surface area contributed by atoms with Gasteiger partial charge in [0.2, 0.25) is 0 Å². The minimum Gasteiger partial charge on any atom is -0.483 e. The van der Waals surface area contributed by atoms with Crippen molar-refractivity contribution in [2.24, 2.45) is 0 Å². The van der Waals surface area contributed by atoms with Gasteiger partial charge < -0.3 is 19.5 Å². The largest absolute Gasteiger partial charge is 0.483 e. The number of ether oxygens (including phenoxy) is 3. The van der Waals surface area contributed by atoms with Crippen LogP contribution in [0.15, 0.2) is 60.2 Å². The quantitative estimate of drug-likeness (QED) is 0.488. The second-order valence-electron chi connectivity index (χ2n) is 8.25. The highest BCUT2D eigenvalue weighted by Crippen LogP contribution is 2.44. The fourth-order valence-electron chi connectivity index (χ4n) is 3.60. The molecule has 0 spiro atoms. The molecule has 160 valence electrons. The predicted molar refractivity (Wildman–Crippen MR) is 119 cm³/mol. The molecule has 2 aromatic rings. The zero-order chi connectivity index (χ0) is 21.7. The van der Waals surface area contributed by atoms with Gasteiger partial charge in [0.15, 0.2) is 6.10 Å². The van der Waals surface area contributed by atoms with Gasteiger partial charge in [-0.25, -0.2) is 4.79 Å². The molecule has 3 rings (SSSR count). The van der Waals surface area contributed by atoms with E-state index in [9.17, 15) is 4.79 Å². The van der Waals surface area contributed by atoms with Crippen molar-refractivity contribution in [2.75, 3.05) is 11.9 Å². The fraction of sp³-hybridized carbons (Fsp3) is 0.400. The van der Waals surface area contributed by atoms with Crippen LogP contribution in [0.5, 0.6) is 5.75 Å². The van der Waals surface area contributed by atoms with Gasteiger partial charge in [-0.2, -0.15) is 0 Å². The predicted octanol–water partition coefficient (Wildman–Crippen LogP) is 5.43. The van der Waals surface area contributed by atoms with Crippen molar-refractivity contribution in [1.29, 1.82) is 0 Å². The van der Waals surface area contributed by atoms with Crippen LogP contribution in [0, 0.1) is 0 Å². The van der Waals surface area contributed by atoms with Gasteiger partial charge in [0.05, 0.1) is 0 Å². The zero-order valence-corrected chi connectivity index (χ0v) is 18.4. The molecule has 0 aliphatic carbocycles. The summed E-state index contributed by atoms with van der Waals surface area (Å²) in [7, 11) is 0. The lowest BCUT2D eigenvalue weighted by atomic mass is 9.87. The molecule has 0 saturated carbocycles. The van der Waals surface area contributed by atoms with Gasteiger partial charge in [-0.1, -0.05) is 35.9 Å². The van der Waals surface area contributed by atoms with Crippen molar-refractivity contribution in [3.63, 3.8) is 0 Å². The number of benzene rings is 2. The van der Waals surface area contributed by atoms with Gasteiger partial charge in [-0.15, -0.1) is 0 Å².